The maximum Gasteiger partial charge on any atom is 0.132 e. The molecule has 0 aliphatic carbocycles. The molecule has 0 amide bonds. The standard InChI is InChI=1S/C15H17NO2S/c1-17-13-8-7-12(16)9-11(13)10-19-15-6-4-3-5-14(15)18-2/h3-9H,10,16H2,1-2H3. The van der Waals surface area contributed by atoms with Crippen LogP contribution < -0.4 is 15.2 Å². The smallest absolute Gasteiger partial charge is 0.132 e. The first-order chi connectivity index (χ1) is 9.24. The second-order valence-corrected chi connectivity index (χ2v) is 5.03. The molecule has 2 aromatic rings. The van der Waals surface area contributed by atoms with Crippen LogP contribution in [-0.2, 0) is 5.75 Å². The first kappa shape index (κ1) is 13.6. The highest BCUT2D eigenvalue weighted by atomic mass is 32.2. The number of ether oxygens (including phenoxy) is 2. The number of benzene rings is 2. The lowest BCUT2D eigenvalue weighted by Gasteiger charge is -2.11. The normalized spacial score (nSPS) is 10.2. The maximum absolute atomic E-state index is 5.82. The van der Waals surface area contributed by atoms with Crippen molar-refractivity contribution >= 4 is 17.4 Å². The molecule has 0 radical (unpaired) electrons. The van der Waals surface area contributed by atoms with Gasteiger partial charge in [0.05, 0.1) is 14.2 Å². The van der Waals surface area contributed by atoms with E-state index in [1.54, 1.807) is 26.0 Å². The molecule has 3 nitrogen and oxygen atoms in total. The minimum atomic E-state index is 0.747. The highest BCUT2D eigenvalue weighted by Gasteiger charge is 2.07. The number of thioether (sulfide) groups is 1. The zero-order chi connectivity index (χ0) is 13.7. The van der Waals surface area contributed by atoms with Crippen molar-refractivity contribution in [2.45, 2.75) is 10.6 Å². The predicted octanol–water partition coefficient (Wildman–Crippen LogP) is 3.58. The molecule has 0 saturated heterocycles. The summed E-state index contributed by atoms with van der Waals surface area (Å²) in [6.07, 6.45) is 0. The van der Waals surface area contributed by atoms with Gasteiger partial charge in [-0.25, -0.2) is 0 Å². The summed E-state index contributed by atoms with van der Waals surface area (Å²) in [6.45, 7) is 0. The molecule has 4 heteroatoms. The summed E-state index contributed by atoms with van der Waals surface area (Å²) in [5, 5.41) is 0. The molecule has 100 valence electrons. The Labute approximate surface area is 117 Å². The lowest BCUT2D eigenvalue weighted by molar-refractivity contribution is 0.404. The molecule has 0 fully saturated rings. The van der Waals surface area contributed by atoms with Crippen molar-refractivity contribution in [1.82, 2.24) is 0 Å². The summed E-state index contributed by atoms with van der Waals surface area (Å²) in [5.74, 6) is 2.53. The Kier molecular flexibility index (Phi) is 4.58. The molecule has 0 heterocycles. The van der Waals surface area contributed by atoms with Crippen LogP contribution in [0.2, 0.25) is 0 Å². The summed E-state index contributed by atoms with van der Waals surface area (Å²) in [6, 6.07) is 13.7. The third kappa shape index (κ3) is 3.35. The predicted molar refractivity (Wildman–Crippen MR) is 80.0 cm³/mol. The van der Waals surface area contributed by atoms with Gasteiger partial charge < -0.3 is 15.2 Å². The molecule has 0 atom stereocenters. The third-order valence-electron chi connectivity index (χ3n) is 2.76. The van der Waals surface area contributed by atoms with E-state index in [1.165, 1.54) is 0 Å². The molecule has 2 rings (SSSR count). The fourth-order valence-electron chi connectivity index (χ4n) is 1.80. The number of methoxy groups -OCH3 is 2. The molecule has 2 aromatic carbocycles. The second kappa shape index (κ2) is 6.38. The van der Waals surface area contributed by atoms with Gasteiger partial charge in [-0.05, 0) is 30.3 Å². The van der Waals surface area contributed by atoms with Gasteiger partial charge in [0.15, 0.2) is 0 Å². The molecular formula is C15H17NO2S. The van der Waals surface area contributed by atoms with E-state index in [1.807, 2.05) is 42.5 Å². The average Bonchev–Trinajstić information content (AvgIpc) is 2.45. The van der Waals surface area contributed by atoms with Crippen LogP contribution in [0.25, 0.3) is 0 Å². The third-order valence-corrected chi connectivity index (χ3v) is 3.86. The number of nitrogen functional groups attached to an aromatic ring is 1. The summed E-state index contributed by atoms with van der Waals surface area (Å²) in [4.78, 5) is 1.11. The molecule has 0 bridgehead atoms. The van der Waals surface area contributed by atoms with Gasteiger partial charge in [0, 0.05) is 21.9 Å². The van der Waals surface area contributed by atoms with Gasteiger partial charge in [-0.3, -0.25) is 0 Å². The molecule has 0 aromatic heterocycles. The highest BCUT2D eigenvalue weighted by molar-refractivity contribution is 7.98. The molecule has 0 unspecified atom stereocenters. The van der Waals surface area contributed by atoms with Crippen LogP contribution in [0.1, 0.15) is 5.56 Å². The fourth-order valence-corrected chi connectivity index (χ4v) is 2.81. The van der Waals surface area contributed by atoms with E-state index in [2.05, 4.69) is 0 Å². The van der Waals surface area contributed by atoms with Crippen molar-refractivity contribution in [2.24, 2.45) is 0 Å². The molecule has 0 spiro atoms. The van der Waals surface area contributed by atoms with E-state index in [-0.39, 0.29) is 0 Å². The van der Waals surface area contributed by atoms with Crippen LogP contribution >= 0.6 is 11.8 Å². The first-order valence-electron chi connectivity index (χ1n) is 5.93. The molecule has 2 N–H and O–H groups in total. The van der Waals surface area contributed by atoms with Gasteiger partial charge in [-0.2, -0.15) is 0 Å². The Morgan fingerprint density at radius 3 is 2.47 bits per heavy atom. The average molecular weight is 275 g/mol. The van der Waals surface area contributed by atoms with E-state index in [0.29, 0.717) is 0 Å². The van der Waals surface area contributed by atoms with Crippen molar-refractivity contribution < 1.29 is 9.47 Å². The highest BCUT2D eigenvalue weighted by Crippen LogP contribution is 2.34. The Morgan fingerprint density at radius 2 is 1.74 bits per heavy atom. The zero-order valence-corrected chi connectivity index (χ0v) is 11.9. The molecule has 19 heavy (non-hydrogen) atoms. The minimum Gasteiger partial charge on any atom is -0.496 e. The lowest BCUT2D eigenvalue weighted by atomic mass is 10.2. The summed E-state index contributed by atoms with van der Waals surface area (Å²) in [7, 11) is 3.35. The van der Waals surface area contributed by atoms with E-state index in [9.17, 15) is 0 Å². The van der Waals surface area contributed by atoms with Crippen LogP contribution in [0.4, 0.5) is 5.69 Å². The van der Waals surface area contributed by atoms with Gasteiger partial charge in [0.2, 0.25) is 0 Å². The Morgan fingerprint density at radius 1 is 1.00 bits per heavy atom. The zero-order valence-electron chi connectivity index (χ0n) is 11.1. The Hall–Kier alpha value is -1.81. The van der Waals surface area contributed by atoms with Crippen LogP contribution in [0.3, 0.4) is 0 Å². The monoisotopic (exact) mass is 275 g/mol. The molecule has 0 saturated carbocycles. The summed E-state index contributed by atoms with van der Waals surface area (Å²) in [5.41, 5.74) is 7.65. The van der Waals surface area contributed by atoms with Gasteiger partial charge in [0.25, 0.3) is 0 Å². The number of rotatable bonds is 5. The Bertz CT molecular complexity index is 558. The van der Waals surface area contributed by atoms with E-state index >= 15 is 0 Å². The first-order valence-corrected chi connectivity index (χ1v) is 6.91. The SMILES string of the molecule is COc1ccc(N)cc1CSc1ccccc1OC. The van der Waals surface area contributed by atoms with E-state index in [4.69, 9.17) is 15.2 Å². The van der Waals surface area contributed by atoms with Crippen molar-refractivity contribution in [3.05, 3.63) is 48.0 Å². The van der Waals surface area contributed by atoms with Gasteiger partial charge in [-0.15, -0.1) is 11.8 Å². The minimum absolute atomic E-state index is 0.747. The van der Waals surface area contributed by atoms with Gasteiger partial charge >= 0.3 is 0 Å². The van der Waals surface area contributed by atoms with E-state index < -0.39 is 0 Å². The summed E-state index contributed by atoms with van der Waals surface area (Å²) < 4.78 is 10.7. The van der Waals surface area contributed by atoms with Gasteiger partial charge in [0.1, 0.15) is 11.5 Å². The number of nitrogens with two attached hydrogens (primary N) is 1. The van der Waals surface area contributed by atoms with Crippen molar-refractivity contribution in [1.29, 1.82) is 0 Å². The topological polar surface area (TPSA) is 44.5 Å². The molecule has 0 aliphatic heterocycles. The number of para-hydroxylation sites is 1. The number of hydrogen-bond acceptors (Lipinski definition) is 4. The van der Waals surface area contributed by atoms with Gasteiger partial charge in [-0.1, -0.05) is 12.1 Å². The van der Waals surface area contributed by atoms with Crippen LogP contribution in [0.15, 0.2) is 47.4 Å². The maximum atomic E-state index is 5.82. The summed E-state index contributed by atoms with van der Waals surface area (Å²) >= 11 is 1.70. The van der Waals surface area contributed by atoms with Crippen molar-refractivity contribution in [3.63, 3.8) is 0 Å². The van der Waals surface area contributed by atoms with Crippen LogP contribution in [0, 0.1) is 0 Å². The van der Waals surface area contributed by atoms with E-state index in [0.717, 1.165) is 33.4 Å². The number of anilines is 1. The van der Waals surface area contributed by atoms with Crippen LogP contribution in [-0.4, -0.2) is 14.2 Å². The quantitative estimate of drug-likeness (QED) is 0.669. The number of hydrogen-bond donors (Lipinski definition) is 1. The fraction of sp³-hybridized carbons (Fsp3) is 0.200. The lowest BCUT2D eigenvalue weighted by Crippen LogP contribution is -1.93. The molecular weight excluding hydrogens is 258 g/mol. The van der Waals surface area contributed by atoms with Crippen molar-refractivity contribution in [3.8, 4) is 11.5 Å². The second-order valence-electron chi connectivity index (χ2n) is 4.01. The van der Waals surface area contributed by atoms with Crippen LogP contribution in [0.5, 0.6) is 11.5 Å². The Balaban J connectivity index is 2.16. The van der Waals surface area contributed by atoms with Crippen molar-refractivity contribution in [2.75, 3.05) is 20.0 Å². The largest absolute Gasteiger partial charge is 0.496 e. The molecule has 0 aliphatic rings.